The highest BCUT2D eigenvalue weighted by atomic mass is 16.6. The molecule has 0 aromatic heterocycles. The van der Waals surface area contributed by atoms with Gasteiger partial charge >= 0.3 is 6.09 Å². The first kappa shape index (κ1) is 31.9. The van der Waals surface area contributed by atoms with E-state index in [1.807, 2.05) is 74.2 Å². The van der Waals surface area contributed by atoms with E-state index in [1.165, 1.54) is 5.56 Å². The van der Waals surface area contributed by atoms with Crippen molar-refractivity contribution in [1.82, 2.24) is 4.90 Å². The van der Waals surface area contributed by atoms with Crippen molar-refractivity contribution in [2.45, 2.75) is 39.2 Å². The molecular weight excluding hydrogens is 544 g/mol. The van der Waals surface area contributed by atoms with Crippen molar-refractivity contribution in [1.29, 1.82) is 0 Å². The minimum absolute atomic E-state index is 0.0277. The van der Waals surface area contributed by atoms with E-state index >= 15 is 0 Å². The number of amides is 2. The maximum atomic E-state index is 14.2. The quantitative estimate of drug-likeness (QED) is 0.225. The first-order valence-electron chi connectivity index (χ1n) is 14.9. The second kappa shape index (κ2) is 14.9. The summed E-state index contributed by atoms with van der Waals surface area (Å²) in [4.78, 5) is 31.0. The van der Waals surface area contributed by atoms with E-state index in [-0.39, 0.29) is 23.8 Å². The van der Waals surface area contributed by atoms with E-state index in [0.29, 0.717) is 56.3 Å². The van der Waals surface area contributed by atoms with Gasteiger partial charge in [0.1, 0.15) is 5.60 Å². The fourth-order valence-corrected chi connectivity index (χ4v) is 5.38. The Labute approximate surface area is 255 Å². The van der Waals surface area contributed by atoms with E-state index in [0.717, 1.165) is 12.1 Å². The van der Waals surface area contributed by atoms with E-state index in [2.05, 4.69) is 12.1 Å². The molecule has 0 aliphatic carbocycles. The molecule has 3 aromatic rings. The van der Waals surface area contributed by atoms with Crippen LogP contribution >= 0.6 is 0 Å². The van der Waals surface area contributed by atoms with Crippen molar-refractivity contribution >= 4 is 17.7 Å². The Hall–Kier alpha value is -4.04. The van der Waals surface area contributed by atoms with E-state index in [4.69, 9.17) is 18.9 Å². The molecule has 4 rings (SSSR count). The molecule has 0 bridgehead atoms. The lowest BCUT2D eigenvalue weighted by Crippen LogP contribution is -2.39. The highest BCUT2D eigenvalue weighted by Gasteiger charge is 2.39. The number of likely N-dealkylation sites (tertiary alicyclic amines) is 1. The fourth-order valence-electron chi connectivity index (χ4n) is 5.38. The van der Waals surface area contributed by atoms with Crippen LogP contribution < -0.4 is 14.4 Å². The molecule has 2 amide bonds. The Morgan fingerprint density at radius 2 is 1.53 bits per heavy atom. The summed E-state index contributed by atoms with van der Waals surface area (Å²) in [7, 11) is 3.23. The molecular formula is C35H44N2O6. The zero-order valence-corrected chi connectivity index (χ0v) is 26.0. The Kier molecular flexibility index (Phi) is 11.1. The highest BCUT2D eigenvalue weighted by molar-refractivity contribution is 6.06. The number of hydrogen-bond donors (Lipinski definition) is 0. The number of para-hydroxylation sites is 1. The lowest BCUT2D eigenvalue weighted by molar-refractivity contribution is 0.0284. The average molecular weight is 589 g/mol. The summed E-state index contributed by atoms with van der Waals surface area (Å²) in [6.07, 6.45) is 1.19. The summed E-state index contributed by atoms with van der Waals surface area (Å²) in [6.45, 7) is 8.14. The van der Waals surface area contributed by atoms with Crippen LogP contribution in [0.1, 0.15) is 43.1 Å². The number of anilines is 1. The molecule has 8 nitrogen and oxygen atoms in total. The number of nitrogens with zero attached hydrogens (tertiary/aromatic N) is 2. The predicted octanol–water partition coefficient (Wildman–Crippen LogP) is 6.48. The van der Waals surface area contributed by atoms with Gasteiger partial charge < -0.3 is 28.7 Å². The molecule has 43 heavy (non-hydrogen) atoms. The van der Waals surface area contributed by atoms with Crippen LogP contribution in [0.25, 0.3) is 0 Å². The maximum Gasteiger partial charge on any atom is 0.410 e. The van der Waals surface area contributed by atoms with Crippen LogP contribution in [0.3, 0.4) is 0 Å². The van der Waals surface area contributed by atoms with E-state index in [1.54, 1.807) is 37.3 Å². The van der Waals surface area contributed by atoms with Gasteiger partial charge in [-0.3, -0.25) is 4.79 Å². The van der Waals surface area contributed by atoms with Crippen LogP contribution in [-0.2, 0) is 15.9 Å². The predicted molar refractivity (Wildman–Crippen MR) is 168 cm³/mol. The molecule has 2 atom stereocenters. The minimum atomic E-state index is -0.589. The normalized spacial score (nSPS) is 16.5. The van der Waals surface area contributed by atoms with Gasteiger partial charge in [-0.15, -0.1) is 0 Å². The second-order valence-electron chi connectivity index (χ2n) is 11.9. The zero-order chi connectivity index (χ0) is 30.8. The molecule has 0 radical (unpaired) electrons. The number of methoxy groups -OCH3 is 2. The lowest BCUT2D eigenvalue weighted by Gasteiger charge is -2.29. The standard InChI is InChI=1S/C35H44N2O6/c1-35(2,3)43-34(39)36-23-28(21-26-13-8-6-9-14-26)29(24-36)25-37(30-15-10-7-11-16-30)33(38)27-17-18-31(41-5)32(22-27)42-20-12-19-40-4/h6-11,13-18,22,28-29H,12,19-21,23-25H2,1-5H3/t28-,29+/m1/s1. The lowest BCUT2D eigenvalue weighted by atomic mass is 9.89. The Bertz CT molecular complexity index is 1330. The molecule has 1 heterocycles. The maximum absolute atomic E-state index is 14.2. The summed E-state index contributed by atoms with van der Waals surface area (Å²) < 4.78 is 22.3. The third-order valence-electron chi connectivity index (χ3n) is 7.46. The van der Waals surface area contributed by atoms with Gasteiger partial charge in [0.15, 0.2) is 11.5 Å². The van der Waals surface area contributed by atoms with Crippen molar-refractivity contribution in [3.8, 4) is 11.5 Å². The SMILES string of the molecule is COCCCOc1cc(C(=O)N(C[C@@H]2CN(C(=O)OC(C)(C)C)C[C@H]2Cc2ccccc2)c2ccccc2)ccc1OC. The smallest absolute Gasteiger partial charge is 0.410 e. The minimum Gasteiger partial charge on any atom is -0.493 e. The Morgan fingerprint density at radius 3 is 2.19 bits per heavy atom. The fraction of sp³-hybridized carbons (Fsp3) is 0.429. The molecule has 3 aromatic carbocycles. The Balaban J connectivity index is 1.62. The molecule has 1 fully saturated rings. The molecule has 1 saturated heterocycles. The summed E-state index contributed by atoms with van der Waals surface area (Å²) in [5, 5.41) is 0. The zero-order valence-electron chi connectivity index (χ0n) is 26.0. The molecule has 230 valence electrons. The van der Waals surface area contributed by atoms with Gasteiger partial charge in [0, 0.05) is 51.0 Å². The molecule has 0 unspecified atom stereocenters. The molecule has 1 aliphatic rings. The third-order valence-corrected chi connectivity index (χ3v) is 7.46. The number of carbonyl (C=O) groups is 2. The van der Waals surface area contributed by atoms with Gasteiger partial charge in [-0.2, -0.15) is 0 Å². The third kappa shape index (κ3) is 8.97. The molecule has 0 saturated carbocycles. The molecule has 1 aliphatic heterocycles. The van der Waals surface area contributed by atoms with Crippen molar-refractivity contribution in [3.63, 3.8) is 0 Å². The van der Waals surface area contributed by atoms with Crippen molar-refractivity contribution in [3.05, 3.63) is 90.0 Å². The topological polar surface area (TPSA) is 77.5 Å². The van der Waals surface area contributed by atoms with Gasteiger partial charge in [0.25, 0.3) is 5.91 Å². The van der Waals surface area contributed by atoms with Gasteiger partial charge in [-0.05, 0) is 74.9 Å². The van der Waals surface area contributed by atoms with E-state index in [9.17, 15) is 9.59 Å². The summed E-state index contributed by atoms with van der Waals surface area (Å²) in [5.74, 6) is 1.09. The van der Waals surface area contributed by atoms with Gasteiger partial charge in [0.2, 0.25) is 0 Å². The highest BCUT2D eigenvalue weighted by Crippen LogP contribution is 2.33. The number of benzene rings is 3. The molecule has 0 N–H and O–H groups in total. The number of hydrogen-bond acceptors (Lipinski definition) is 6. The van der Waals surface area contributed by atoms with Crippen LogP contribution in [0, 0.1) is 11.8 Å². The number of ether oxygens (including phenoxy) is 4. The summed E-state index contributed by atoms with van der Waals surface area (Å²) >= 11 is 0. The van der Waals surface area contributed by atoms with Crippen molar-refractivity contribution in [2.24, 2.45) is 11.8 Å². The Morgan fingerprint density at radius 1 is 0.860 bits per heavy atom. The van der Waals surface area contributed by atoms with E-state index < -0.39 is 5.60 Å². The summed E-state index contributed by atoms with van der Waals surface area (Å²) in [6, 6.07) is 25.2. The molecule has 0 spiro atoms. The molecule has 8 heteroatoms. The monoisotopic (exact) mass is 588 g/mol. The second-order valence-corrected chi connectivity index (χ2v) is 11.9. The van der Waals surface area contributed by atoms with Crippen LogP contribution in [0.5, 0.6) is 11.5 Å². The summed E-state index contributed by atoms with van der Waals surface area (Å²) in [5.41, 5.74) is 1.90. The first-order chi connectivity index (χ1) is 20.7. The van der Waals surface area contributed by atoms with Gasteiger partial charge in [0.05, 0.1) is 13.7 Å². The van der Waals surface area contributed by atoms with Gasteiger partial charge in [-0.25, -0.2) is 4.79 Å². The van der Waals surface area contributed by atoms with Crippen LogP contribution in [-0.4, -0.2) is 69.6 Å². The van der Waals surface area contributed by atoms with Crippen LogP contribution in [0.4, 0.5) is 10.5 Å². The average Bonchev–Trinajstić information content (AvgIpc) is 3.40. The van der Waals surface area contributed by atoms with Crippen LogP contribution in [0.2, 0.25) is 0 Å². The van der Waals surface area contributed by atoms with Crippen LogP contribution in [0.15, 0.2) is 78.9 Å². The number of rotatable bonds is 12. The number of carbonyl (C=O) groups excluding carboxylic acids is 2. The van der Waals surface area contributed by atoms with Crippen molar-refractivity contribution < 1.29 is 28.5 Å². The van der Waals surface area contributed by atoms with Gasteiger partial charge in [-0.1, -0.05) is 48.5 Å². The largest absolute Gasteiger partial charge is 0.493 e. The first-order valence-corrected chi connectivity index (χ1v) is 14.9. The van der Waals surface area contributed by atoms with Crippen molar-refractivity contribution in [2.75, 3.05) is 52.0 Å².